The quantitative estimate of drug-likeness (QED) is 0.487. The molecule has 1 unspecified atom stereocenters. The van der Waals surface area contributed by atoms with Gasteiger partial charge in [0.2, 0.25) is 0 Å². The number of hydrogen-bond donors (Lipinski definition) is 1. The Bertz CT molecular complexity index is 873. The van der Waals surface area contributed by atoms with Crippen molar-refractivity contribution in [3.63, 3.8) is 0 Å². The lowest BCUT2D eigenvalue weighted by atomic mass is 9.98. The van der Waals surface area contributed by atoms with Crippen molar-refractivity contribution in [1.29, 1.82) is 0 Å². The van der Waals surface area contributed by atoms with Crippen LogP contribution in [-0.4, -0.2) is 55.8 Å². The SMILES string of the molecule is C=Nc1cc(F)c(F)cc1N(C)C1C[C@@H]2[C@H](C1)[C@H]2[C@@H](CC)NC(=O)N1CCC(F)(F)CC1. The summed E-state index contributed by atoms with van der Waals surface area (Å²) in [4.78, 5) is 19.9. The van der Waals surface area contributed by atoms with Gasteiger partial charge in [0.25, 0.3) is 5.92 Å². The maximum atomic E-state index is 13.8. The molecular formula is C23H30F4N4O. The van der Waals surface area contributed by atoms with Crippen LogP contribution in [0.4, 0.5) is 33.7 Å². The molecular weight excluding hydrogens is 424 g/mol. The first-order chi connectivity index (χ1) is 15.1. The summed E-state index contributed by atoms with van der Waals surface area (Å²) in [6.07, 6.45) is 1.99. The Balaban J connectivity index is 1.34. The molecule has 4 rings (SSSR count). The number of amides is 2. The molecule has 1 heterocycles. The summed E-state index contributed by atoms with van der Waals surface area (Å²) < 4.78 is 54.1. The highest BCUT2D eigenvalue weighted by Crippen LogP contribution is 2.60. The average molecular weight is 455 g/mol. The van der Waals surface area contributed by atoms with Crippen LogP contribution in [0.5, 0.6) is 0 Å². The van der Waals surface area contributed by atoms with Crippen molar-refractivity contribution in [2.75, 3.05) is 25.0 Å². The van der Waals surface area contributed by atoms with Gasteiger partial charge in [0, 0.05) is 57.2 Å². The molecule has 0 bridgehead atoms. The van der Waals surface area contributed by atoms with E-state index in [2.05, 4.69) is 17.0 Å². The lowest BCUT2D eigenvalue weighted by Gasteiger charge is -2.34. The van der Waals surface area contributed by atoms with Gasteiger partial charge in [-0.3, -0.25) is 4.99 Å². The molecule has 3 aliphatic rings. The number of carbonyl (C=O) groups excluding carboxylic acids is 1. The first-order valence-electron chi connectivity index (χ1n) is 11.3. The van der Waals surface area contributed by atoms with Crippen molar-refractivity contribution in [1.82, 2.24) is 10.2 Å². The number of piperidine rings is 1. The fourth-order valence-electron chi connectivity index (χ4n) is 5.67. The highest BCUT2D eigenvalue weighted by Gasteiger charge is 2.59. The van der Waals surface area contributed by atoms with Gasteiger partial charge < -0.3 is 15.1 Å². The summed E-state index contributed by atoms with van der Waals surface area (Å²) in [5.74, 6) is -3.28. The number of fused-ring (bicyclic) bond motifs is 1. The van der Waals surface area contributed by atoms with E-state index in [4.69, 9.17) is 0 Å². The maximum absolute atomic E-state index is 13.8. The van der Waals surface area contributed by atoms with Gasteiger partial charge in [-0.25, -0.2) is 22.4 Å². The zero-order valence-corrected chi connectivity index (χ0v) is 18.5. The van der Waals surface area contributed by atoms with Gasteiger partial charge in [-0.15, -0.1) is 0 Å². The summed E-state index contributed by atoms with van der Waals surface area (Å²) in [5.41, 5.74) is 0.832. The third kappa shape index (κ3) is 4.30. The van der Waals surface area contributed by atoms with Gasteiger partial charge in [-0.1, -0.05) is 6.92 Å². The molecule has 5 nitrogen and oxygen atoms in total. The van der Waals surface area contributed by atoms with Gasteiger partial charge in [0.05, 0.1) is 11.4 Å². The Hall–Kier alpha value is -2.32. The number of likely N-dealkylation sites (tertiary alicyclic amines) is 1. The second-order valence-corrected chi connectivity index (χ2v) is 9.36. The summed E-state index contributed by atoms with van der Waals surface area (Å²) in [6.45, 7) is 5.64. The van der Waals surface area contributed by atoms with E-state index in [1.807, 2.05) is 18.9 Å². The Labute approximate surface area is 185 Å². The minimum absolute atomic E-state index is 0.0138. The Morgan fingerprint density at radius 2 is 1.84 bits per heavy atom. The molecule has 5 atom stereocenters. The standard InChI is InChI=1S/C23H30F4N4O/c1-4-18(29-22(32)31-7-5-23(26,27)6-8-31)21-14-9-13(10-15(14)21)30(3)20-12-17(25)16(24)11-19(20)28-2/h11-15,18,21H,2,4-10H2,1,3H3,(H,29,32)/t13?,14-,15+,18-,21+/m1/s1. The molecule has 0 aromatic heterocycles. The molecule has 2 saturated carbocycles. The molecule has 1 aromatic carbocycles. The smallest absolute Gasteiger partial charge is 0.317 e. The van der Waals surface area contributed by atoms with Crippen LogP contribution in [0.25, 0.3) is 0 Å². The highest BCUT2D eigenvalue weighted by molar-refractivity contribution is 5.75. The summed E-state index contributed by atoms with van der Waals surface area (Å²) >= 11 is 0. The number of rotatable bonds is 6. The minimum atomic E-state index is -2.68. The number of nitrogens with zero attached hydrogens (tertiary/aromatic N) is 3. The molecule has 0 radical (unpaired) electrons. The zero-order chi connectivity index (χ0) is 23.2. The molecule has 2 aliphatic carbocycles. The fraction of sp³-hybridized carbons (Fsp3) is 0.652. The van der Waals surface area contributed by atoms with E-state index in [9.17, 15) is 22.4 Å². The molecule has 1 N–H and O–H groups in total. The summed E-state index contributed by atoms with van der Waals surface area (Å²) in [5, 5.41) is 3.08. The monoisotopic (exact) mass is 454 g/mol. The number of aliphatic imine (C=N–C) groups is 1. The first-order valence-corrected chi connectivity index (χ1v) is 11.3. The van der Waals surface area contributed by atoms with Crippen LogP contribution in [0.1, 0.15) is 39.0 Å². The third-order valence-corrected chi connectivity index (χ3v) is 7.60. The number of anilines is 1. The second kappa shape index (κ2) is 8.56. The largest absolute Gasteiger partial charge is 0.370 e. The average Bonchev–Trinajstić information content (AvgIpc) is 3.24. The van der Waals surface area contributed by atoms with Crippen LogP contribution >= 0.6 is 0 Å². The van der Waals surface area contributed by atoms with Crippen molar-refractivity contribution < 1.29 is 22.4 Å². The van der Waals surface area contributed by atoms with E-state index < -0.39 is 17.6 Å². The number of urea groups is 1. The topological polar surface area (TPSA) is 47.9 Å². The number of nitrogens with one attached hydrogen (secondary N) is 1. The van der Waals surface area contributed by atoms with Crippen molar-refractivity contribution in [3.05, 3.63) is 23.8 Å². The van der Waals surface area contributed by atoms with Crippen LogP contribution in [0.3, 0.4) is 0 Å². The molecule has 1 saturated heterocycles. The molecule has 1 aromatic rings. The highest BCUT2D eigenvalue weighted by atomic mass is 19.3. The van der Waals surface area contributed by atoms with Gasteiger partial charge in [-0.2, -0.15) is 0 Å². The fourth-order valence-corrected chi connectivity index (χ4v) is 5.67. The minimum Gasteiger partial charge on any atom is -0.370 e. The molecule has 2 amide bonds. The zero-order valence-electron chi connectivity index (χ0n) is 18.5. The van der Waals surface area contributed by atoms with E-state index in [1.54, 1.807) is 0 Å². The Morgan fingerprint density at radius 3 is 2.41 bits per heavy atom. The molecule has 176 valence electrons. The van der Waals surface area contributed by atoms with Crippen molar-refractivity contribution in [2.24, 2.45) is 22.7 Å². The number of carbonyl (C=O) groups is 1. The van der Waals surface area contributed by atoms with E-state index in [0.717, 1.165) is 31.4 Å². The lowest BCUT2D eigenvalue weighted by Crippen LogP contribution is -2.50. The number of halogens is 4. The molecule has 1 aliphatic heterocycles. The van der Waals surface area contributed by atoms with Crippen molar-refractivity contribution in [3.8, 4) is 0 Å². The number of alkyl halides is 2. The molecule has 3 fully saturated rings. The van der Waals surface area contributed by atoms with Crippen LogP contribution in [0.2, 0.25) is 0 Å². The second-order valence-electron chi connectivity index (χ2n) is 9.36. The third-order valence-electron chi connectivity index (χ3n) is 7.60. The van der Waals surface area contributed by atoms with Gasteiger partial charge in [0.1, 0.15) is 0 Å². The van der Waals surface area contributed by atoms with Gasteiger partial charge in [-0.05, 0) is 43.7 Å². The Kier molecular flexibility index (Phi) is 6.11. The predicted molar refractivity (Wildman–Crippen MR) is 116 cm³/mol. The number of hydrogen-bond acceptors (Lipinski definition) is 3. The van der Waals surface area contributed by atoms with Crippen LogP contribution < -0.4 is 10.2 Å². The molecule has 32 heavy (non-hydrogen) atoms. The van der Waals surface area contributed by atoms with Crippen LogP contribution in [-0.2, 0) is 0 Å². The van der Waals surface area contributed by atoms with E-state index in [1.165, 1.54) is 4.90 Å². The van der Waals surface area contributed by atoms with Gasteiger partial charge >= 0.3 is 6.03 Å². The number of benzene rings is 1. The Morgan fingerprint density at radius 1 is 1.25 bits per heavy atom. The molecule has 9 heteroatoms. The van der Waals surface area contributed by atoms with E-state index >= 15 is 0 Å². The van der Waals surface area contributed by atoms with Crippen molar-refractivity contribution >= 4 is 24.1 Å². The molecule has 0 spiro atoms. The maximum Gasteiger partial charge on any atom is 0.317 e. The van der Waals surface area contributed by atoms with E-state index in [-0.39, 0.29) is 44.0 Å². The van der Waals surface area contributed by atoms with Crippen LogP contribution in [0, 0.1) is 29.4 Å². The predicted octanol–water partition coefficient (Wildman–Crippen LogP) is 4.98. The summed E-state index contributed by atoms with van der Waals surface area (Å²) in [7, 11) is 1.86. The lowest BCUT2D eigenvalue weighted by molar-refractivity contribution is -0.0471. The normalized spacial score (nSPS) is 29.2. The first kappa shape index (κ1) is 22.9. The van der Waals surface area contributed by atoms with Crippen LogP contribution in [0.15, 0.2) is 17.1 Å². The van der Waals surface area contributed by atoms with Gasteiger partial charge in [0.15, 0.2) is 11.6 Å². The summed E-state index contributed by atoms with van der Waals surface area (Å²) in [6, 6.07) is 2.16. The van der Waals surface area contributed by atoms with Crippen molar-refractivity contribution in [2.45, 2.75) is 57.0 Å². The van der Waals surface area contributed by atoms with E-state index in [0.29, 0.717) is 29.1 Å².